The first-order chi connectivity index (χ1) is 6.61. The van der Waals surface area contributed by atoms with Crippen LogP contribution >= 0.6 is 0 Å². The molecule has 1 unspecified atom stereocenters. The maximum absolute atomic E-state index is 6.16. The minimum absolute atomic E-state index is 0.335. The van der Waals surface area contributed by atoms with E-state index in [1.54, 1.807) is 0 Å². The van der Waals surface area contributed by atoms with E-state index in [4.69, 9.17) is 4.43 Å². The summed E-state index contributed by atoms with van der Waals surface area (Å²) >= 11 is 0. The predicted molar refractivity (Wildman–Crippen MR) is 75.8 cm³/mol. The Bertz CT molecular complexity index is 204. The molecule has 0 aromatic rings. The lowest BCUT2D eigenvalue weighted by atomic mass is 9.99. The van der Waals surface area contributed by atoms with Gasteiger partial charge >= 0.3 is 0 Å². The van der Waals surface area contributed by atoms with Gasteiger partial charge in [0.15, 0.2) is 9.76 Å². The van der Waals surface area contributed by atoms with Gasteiger partial charge in [0.05, 0.1) is 13.8 Å². The van der Waals surface area contributed by atoms with E-state index in [1.165, 1.54) is 0 Å². The van der Waals surface area contributed by atoms with Crippen LogP contribution < -0.4 is 0 Å². The highest BCUT2D eigenvalue weighted by Crippen LogP contribution is 2.33. The summed E-state index contributed by atoms with van der Waals surface area (Å²) in [5, 5.41) is 0.390. The van der Waals surface area contributed by atoms with Gasteiger partial charge in [0, 0.05) is 0 Å². The van der Waals surface area contributed by atoms with Crippen molar-refractivity contribution >= 4 is 17.8 Å². The second-order valence-electron chi connectivity index (χ2n) is 6.48. The van der Waals surface area contributed by atoms with Crippen LogP contribution in [-0.2, 0) is 4.43 Å². The minimum Gasteiger partial charge on any atom is -0.420 e. The lowest BCUT2D eigenvalue weighted by molar-refractivity contribution is 0.299. The van der Waals surface area contributed by atoms with Crippen molar-refractivity contribution in [1.82, 2.24) is 0 Å². The van der Waals surface area contributed by atoms with Crippen LogP contribution in [0, 0.1) is 5.92 Å². The number of rotatable bonds is 6. The van der Waals surface area contributed by atoms with Gasteiger partial charge in [-0.25, -0.2) is 0 Å². The average Bonchev–Trinajstić information content (AvgIpc) is 2.02. The molecule has 0 saturated carbocycles. The highest BCUT2D eigenvalue weighted by molar-refractivity contribution is 6.78. The molecule has 0 aliphatic carbocycles. The zero-order valence-electron chi connectivity index (χ0n) is 11.6. The monoisotopic (exact) mass is 244 g/mol. The Morgan fingerprint density at radius 3 is 2.00 bits per heavy atom. The maximum Gasteiger partial charge on any atom is 0.167 e. The quantitative estimate of drug-likeness (QED) is 0.514. The first kappa shape index (κ1) is 15.1. The molecule has 1 atom stereocenters. The van der Waals surface area contributed by atoms with Gasteiger partial charge in [-0.2, -0.15) is 0 Å². The highest BCUT2D eigenvalue weighted by Gasteiger charge is 2.29. The van der Waals surface area contributed by atoms with Gasteiger partial charge in [0.25, 0.3) is 0 Å². The molecule has 0 bridgehead atoms. The van der Waals surface area contributed by atoms with Crippen LogP contribution in [0.3, 0.4) is 0 Å². The Labute approximate surface area is 99.3 Å². The molecule has 1 nitrogen and oxygen atoms in total. The van der Waals surface area contributed by atoms with E-state index in [9.17, 15) is 0 Å². The van der Waals surface area contributed by atoms with E-state index in [0.29, 0.717) is 16.7 Å². The zero-order chi connectivity index (χ0) is 12.3. The Kier molecular flexibility index (Phi) is 5.51. The molecule has 0 radical (unpaired) electrons. The normalized spacial score (nSPS) is 16.3. The molecule has 90 valence electrons. The molecule has 0 aliphatic heterocycles. The Morgan fingerprint density at radius 2 is 1.73 bits per heavy atom. The Morgan fingerprint density at radius 1 is 1.27 bits per heavy atom. The molecular weight excluding hydrogens is 216 g/mol. The minimum atomic E-state index is -1.23. The van der Waals surface area contributed by atoms with Gasteiger partial charge in [-0.1, -0.05) is 53.4 Å². The third-order valence-corrected chi connectivity index (χ3v) is 7.79. The highest BCUT2D eigenvalue weighted by atomic mass is 28.3. The summed E-state index contributed by atoms with van der Waals surface area (Å²) in [4.78, 5) is 0. The first-order valence-corrected chi connectivity index (χ1v) is 10.7. The van der Waals surface area contributed by atoms with Crippen LogP contribution in [0.1, 0.15) is 27.7 Å². The molecule has 0 spiro atoms. The lowest BCUT2D eigenvalue weighted by Gasteiger charge is -2.33. The van der Waals surface area contributed by atoms with E-state index >= 15 is 0 Å². The molecule has 0 aromatic carbocycles. The standard InChI is InChI=1S/C12H28OSi2/c1-9-11(15(6,7)8)13-14-12(4,5)10(2)3/h9-11H,1,14H2,2-8H3. The Balaban J connectivity index is 4.31. The summed E-state index contributed by atoms with van der Waals surface area (Å²) in [6.07, 6.45) is 2.01. The topological polar surface area (TPSA) is 9.23 Å². The van der Waals surface area contributed by atoms with Crippen molar-refractivity contribution in [2.24, 2.45) is 5.92 Å². The van der Waals surface area contributed by atoms with E-state index in [1.807, 2.05) is 6.08 Å². The van der Waals surface area contributed by atoms with Gasteiger partial charge < -0.3 is 4.43 Å². The summed E-state index contributed by atoms with van der Waals surface area (Å²) < 4.78 is 6.16. The van der Waals surface area contributed by atoms with Gasteiger partial charge in [-0.15, -0.1) is 6.58 Å². The summed E-state index contributed by atoms with van der Waals surface area (Å²) in [6, 6.07) is 0. The van der Waals surface area contributed by atoms with Gasteiger partial charge in [0.2, 0.25) is 0 Å². The smallest absolute Gasteiger partial charge is 0.167 e. The van der Waals surface area contributed by atoms with E-state index in [0.717, 1.165) is 0 Å². The van der Waals surface area contributed by atoms with Gasteiger partial charge in [-0.3, -0.25) is 0 Å². The van der Waals surface area contributed by atoms with E-state index in [2.05, 4.69) is 53.9 Å². The molecule has 3 heteroatoms. The average molecular weight is 245 g/mol. The maximum atomic E-state index is 6.16. The predicted octanol–water partition coefficient (Wildman–Crippen LogP) is 3.37. The van der Waals surface area contributed by atoms with Crippen LogP contribution in [0.5, 0.6) is 0 Å². The fourth-order valence-corrected chi connectivity index (χ4v) is 5.18. The van der Waals surface area contributed by atoms with Crippen molar-refractivity contribution in [3.05, 3.63) is 12.7 Å². The number of hydrogen-bond donors (Lipinski definition) is 0. The molecule has 0 saturated heterocycles. The SMILES string of the molecule is C=CC(O[SiH2]C(C)(C)C(C)C)[Si](C)(C)C. The van der Waals surface area contributed by atoms with Crippen molar-refractivity contribution < 1.29 is 4.43 Å². The summed E-state index contributed by atoms with van der Waals surface area (Å²) in [7, 11) is -1.71. The van der Waals surface area contributed by atoms with Crippen molar-refractivity contribution in [3.8, 4) is 0 Å². The second-order valence-corrected chi connectivity index (χ2v) is 14.2. The van der Waals surface area contributed by atoms with Crippen molar-refractivity contribution in [2.45, 2.75) is 58.1 Å². The van der Waals surface area contributed by atoms with Crippen molar-refractivity contribution in [1.29, 1.82) is 0 Å². The molecule has 0 heterocycles. The van der Waals surface area contributed by atoms with Crippen LogP contribution in [-0.4, -0.2) is 23.6 Å². The molecule has 0 rings (SSSR count). The first-order valence-electron chi connectivity index (χ1n) is 5.85. The molecule has 0 fully saturated rings. The second kappa shape index (κ2) is 5.46. The molecular formula is C12H28OSi2. The Hall–Kier alpha value is 0.134. The van der Waals surface area contributed by atoms with Crippen LogP contribution in [0.15, 0.2) is 12.7 Å². The largest absolute Gasteiger partial charge is 0.420 e. The van der Waals surface area contributed by atoms with Gasteiger partial charge in [0.1, 0.15) is 0 Å². The molecule has 0 N–H and O–H groups in total. The van der Waals surface area contributed by atoms with Gasteiger partial charge in [-0.05, 0) is 11.0 Å². The fourth-order valence-electron chi connectivity index (χ4n) is 1.14. The van der Waals surface area contributed by atoms with E-state index in [-0.39, 0.29) is 0 Å². The molecule has 0 aliphatic rings. The van der Waals surface area contributed by atoms with Crippen molar-refractivity contribution in [2.75, 3.05) is 0 Å². The van der Waals surface area contributed by atoms with Crippen LogP contribution in [0.2, 0.25) is 24.7 Å². The van der Waals surface area contributed by atoms with Crippen molar-refractivity contribution in [3.63, 3.8) is 0 Å². The lowest BCUT2D eigenvalue weighted by Crippen LogP contribution is -2.41. The molecule has 15 heavy (non-hydrogen) atoms. The summed E-state index contributed by atoms with van der Waals surface area (Å²) in [6.45, 7) is 20.2. The zero-order valence-corrected chi connectivity index (χ0v) is 14.0. The van der Waals surface area contributed by atoms with Crippen LogP contribution in [0.25, 0.3) is 0 Å². The third kappa shape index (κ3) is 5.13. The van der Waals surface area contributed by atoms with E-state index < -0.39 is 17.8 Å². The summed E-state index contributed by atoms with van der Waals surface area (Å²) in [5.74, 6) is 0.705. The molecule has 0 amide bonds. The third-order valence-electron chi connectivity index (χ3n) is 3.27. The van der Waals surface area contributed by atoms with Crippen LogP contribution in [0.4, 0.5) is 0 Å². The summed E-state index contributed by atoms with van der Waals surface area (Å²) in [5.41, 5.74) is 0.335. The fraction of sp³-hybridized carbons (Fsp3) is 0.833. The molecule has 0 aromatic heterocycles. The number of hydrogen-bond acceptors (Lipinski definition) is 1.